The molecule has 120 valence electrons. The molecule has 0 aromatic heterocycles. The van der Waals surface area contributed by atoms with Gasteiger partial charge in [-0.2, -0.15) is 5.10 Å². The second-order valence-electron chi connectivity index (χ2n) is 5.30. The van der Waals surface area contributed by atoms with Gasteiger partial charge in [0.15, 0.2) is 5.84 Å². The highest BCUT2D eigenvalue weighted by molar-refractivity contribution is 7.98. The van der Waals surface area contributed by atoms with Crippen molar-refractivity contribution >= 4 is 23.3 Å². The van der Waals surface area contributed by atoms with Crippen LogP contribution in [0, 0.1) is 0 Å². The highest BCUT2D eigenvalue weighted by Crippen LogP contribution is 2.25. The van der Waals surface area contributed by atoms with Gasteiger partial charge in [0, 0.05) is 17.9 Å². The van der Waals surface area contributed by atoms with Crippen LogP contribution in [0.25, 0.3) is 0 Å². The molecule has 0 aliphatic carbocycles. The summed E-state index contributed by atoms with van der Waals surface area (Å²) in [5, 5.41) is 8.66. The van der Waals surface area contributed by atoms with E-state index >= 15 is 0 Å². The SMILES string of the molecule is CON(Cc1ccccc1)C1=NN(c2cccc(SC)c2)CC1. The number of amidine groups is 1. The molecular formula is C18H21N3OS. The third-order valence-electron chi connectivity index (χ3n) is 3.81. The molecule has 0 unspecified atom stereocenters. The number of hydrazone groups is 1. The molecule has 1 aliphatic rings. The van der Waals surface area contributed by atoms with E-state index in [9.17, 15) is 0 Å². The summed E-state index contributed by atoms with van der Waals surface area (Å²) in [6.07, 6.45) is 2.97. The number of nitrogens with zero attached hydrogens (tertiary/aromatic N) is 3. The number of anilines is 1. The summed E-state index contributed by atoms with van der Waals surface area (Å²) >= 11 is 1.74. The zero-order valence-corrected chi connectivity index (χ0v) is 14.3. The fourth-order valence-electron chi connectivity index (χ4n) is 2.59. The van der Waals surface area contributed by atoms with E-state index in [4.69, 9.17) is 9.94 Å². The molecule has 1 aliphatic heterocycles. The van der Waals surface area contributed by atoms with Crippen LogP contribution < -0.4 is 5.01 Å². The van der Waals surface area contributed by atoms with E-state index in [1.807, 2.05) is 28.3 Å². The van der Waals surface area contributed by atoms with E-state index in [0.717, 1.165) is 24.5 Å². The molecule has 0 N–H and O–H groups in total. The average molecular weight is 327 g/mol. The summed E-state index contributed by atoms with van der Waals surface area (Å²) in [5.41, 5.74) is 2.34. The second kappa shape index (κ2) is 7.53. The Balaban J connectivity index is 1.74. The van der Waals surface area contributed by atoms with Crippen LogP contribution in [0.1, 0.15) is 12.0 Å². The first-order chi connectivity index (χ1) is 11.3. The van der Waals surface area contributed by atoms with Crippen molar-refractivity contribution in [3.05, 3.63) is 60.2 Å². The van der Waals surface area contributed by atoms with Gasteiger partial charge in [0.05, 0.1) is 19.3 Å². The third kappa shape index (κ3) is 3.86. The average Bonchev–Trinajstić information content (AvgIpc) is 3.10. The number of hydroxylamine groups is 2. The Morgan fingerprint density at radius 2 is 2.00 bits per heavy atom. The first kappa shape index (κ1) is 15.9. The summed E-state index contributed by atoms with van der Waals surface area (Å²) in [6, 6.07) is 18.8. The number of hydrogen-bond donors (Lipinski definition) is 0. The Bertz CT molecular complexity index is 675. The predicted octanol–water partition coefficient (Wildman–Crippen LogP) is 4.00. The summed E-state index contributed by atoms with van der Waals surface area (Å²) in [5.74, 6) is 0.964. The molecule has 3 rings (SSSR count). The van der Waals surface area contributed by atoms with Crippen LogP contribution >= 0.6 is 11.8 Å². The van der Waals surface area contributed by atoms with Gasteiger partial charge in [-0.05, 0) is 30.0 Å². The van der Waals surface area contributed by atoms with Crippen molar-refractivity contribution in [2.75, 3.05) is 24.9 Å². The van der Waals surface area contributed by atoms with Crippen LogP contribution in [-0.4, -0.2) is 30.8 Å². The predicted molar refractivity (Wildman–Crippen MR) is 96.6 cm³/mol. The maximum absolute atomic E-state index is 5.54. The lowest BCUT2D eigenvalue weighted by molar-refractivity contribution is -0.0733. The third-order valence-corrected chi connectivity index (χ3v) is 4.54. The van der Waals surface area contributed by atoms with E-state index in [-0.39, 0.29) is 0 Å². The molecule has 0 saturated carbocycles. The van der Waals surface area contributed by atoms with Crippen LogP contribution in [0.4, 0.5) is 5.69 Å². The van der Waals surface area contributed by atoms with Crippen LogP contribution in [-0.2, 0) is 11.4 Å². The quantitative estimate of drug-likeness (QED) is 0.613. The molecule has 0 amide bonds. The maximum atomic E-state index is 5.54. The summed E-state index contributed by atoms with van der Waals surface area (Å²) in [4.78, 5) is 6.79. The van der Waals surface area contributed by atoms with Crippen molar-refractivity contribution < 1.29 is 4.84 Å². The maximum Gasteiger partial charge on any atom is 0.151 e. The van der Waals surface area contributed by atoms with Crippen molar-refractivity contribution in [1.29, 1.82) is 0 Å². The molecule has 0 radical (unpaired) electrons. The van der Waals surface area contributed by atoms with Gasteiger partial charge in [-0.15, -0.1) is 11.8 Å². The Morgan fingerprint density at radius 3 is 2.74 bits per heavy atom. The first-order valence-corrected chi connectivity index (χ1v) is 8.87. The van der Waals surface area contributed by atoms with Crippen molar-refractivity contribution in [3.63, 3.8) is 0 Å². The van der Waals surface area contributed by atoms with Gasteiger partial charge in [0.1, 0.15) is 0 Å². The fraction of sp³-hybridized carbons (Fsp3) is 0.278. The Hall–Kier alpha value is -1.98. The largest absolute Gasteiger partial charge is 0.275 e. The van der Waals surface area contributed by atoms with E-state index in [0.29, 0.717) is 6.54 Å². The smallest absolute Gasteiger partial charge is 0.151 e. The number of benzene rings is 2. The van der Waals surface area contributed by atoms with Gasteiger partial charge < -0.3 is 0 Å². The van der Waals surface area contributed by atoms with Crippen molar-refractivity contribution in [2.45, 2.75) is 17.9 Å². The van der Waals surface area contributed by atoms with Crippen molar-refractivity contribution in [2.24, 2.45) is 5.10 Å². The molecule has 2 aromatic rings. The zero-order chi connectivity index (χ0) is 16.1. The minimum Gasteiger partial charge on any atom is -0.275 e. The first-order valence-electron chi connectivity index (χ1n) is 7.65. The topological polar surface area (TPSA) is 28.1 Å². The van der Waals surface area contributed by atoms with Crippen LogP contribution in [0.5, 0.6) is 0 Å². The summed E-state index contributed by atoms with van der Waals surface area (Å²) in [7, 11) is 1.70. The van der Waals surface area contributed by atoms with Gasteiger partial charge >= 0.3 is 0 Å². The van der Waals surface area contributed by atoms with Gasteiger partial charge in [-0.3, -0.25) is 9.85 Å². The summed E-state index contributed by atoms with van der Waals surface area (Å²) < 4.78 is 0. The molecule has 1 heterocycles. The molecule has 0 bridgehead atoms. The number of rotatable bonds is 5. The van der Waals surface area contributed by atoms with Gasteiger partial charge in [-0.1, -0.05) is 36.4 Å². The number of hydrogen-bond acceptors (Lipinski definition) is 5. The minimum absolute atomic E-state index is 0.703. The second-order valence-corrected chi connectivity index (χ2v) is 6.18. The van der Waals surface area contributed by atoms with Crippen LogP contribution in [0.3, 0.4) is 0 Å². The molecule has 0 saturated heterocycles. The van der Waals surface area contributed by atoms with Gasteiger partial charge in [0.2, 0.25) is 0 Å². The standard InChI is InChI=1S/C18H21N3OS/c1-22-21(14-15-7-4-3-5-8-15)18-11-12-20(19-18)16-9-6-10-17(13-16)23-2/h3-10,13H,11-12,14H2,1-2H3. The van der Waals surface area contributed by atoms with E-state index in [2.05, 4.69) is 42.7 Å². The van der Waals surface area contributed by atoms with Gasteiger partial charge in [0.25, 0.3) is 0 Å². The fourth-order valence-corrected chi connectivity index (χ4v) is 3.04. The lowest BCUT2D eigenvalue weighted by atomic mass is 10.2. The molecule has 5 heteroatoms. The van der Waals surface area contributed by atoms with Gasteiger partial charge in [-0.25, -0.2) is 5.06 Å². The highest BCUT2D eigenvalue weighted by Gasteiger charge is 2.21. The minimum atomic E-state index is 0.703. The monoisotopic (exact) mass is 327 g/mol. The van der Waals surface area contributed by atoms with Crippen molar-refractivity contribution in [1.82, 2.24) is 5.06 Å². The van der Waals surface area contributed by atoms with E-state index in [1.54, 1.807) is 18.9 Å². The van der Waals surface area contributed by atoms with E-state index < -0.39 is 0 Å². The Labute approximate surface area is 141 Å². The lowest BCUT2D eigenvalue weighted by Crippen LogP contribution is -2.28. The van der Waals surface area contributed by atoms with E-state index in [1.165, 1.54) is 10.5 Å². The highest BCUT2D eigenvalue weighted by atomic mass is 32.2. The summed E-state index contributed by atoms with van der Waals surface area (Å²) in [6.45, 7) is 1.58. The normalized spacial score (nSPS) is 14.0. The molecule has 0 atom stereocenters. The molecule has 0 spiro atoms. The van der Waals surface area contributed by atoms with Crippen LogP contribution in [0.15, 0.2) is 64.6 Å². The Kier molecular flexibility index (Phi) is 5.20. The molecule has 0 fully saturated rings. The van der Waals surface area contributed by atoms with Crippen LogP contribution in [0.2, 0.25) is 0 Å². The molecule has 4 nitrogen and oxygen atoms in total. The zero-order valence-electron chi connectivity index (χ0n) is 13.5. The number of thioether (sulfide) groups is 1. The molecule has 23 heavy (non-hydrogen) atoms. The molecule has 2 aromatic carbocycles. The molecular weight excluding hydrogens is 306 g/mol. The lowest BCUT2D eigenvalue weighted by Gasteiger charge is -2.21. The Morgan fingerprint density at radius 1 is 1.17 bits per heavy atom. The van der Waals surface area contributed by atoms with Crippen molar-refractivity contribution in [3.8, 4) is 0 Å².